The first-order valence-corrected chi connectivity index (χ1v) is 13.7. The summed E-state index contributed by atoms with van der Waals surface area (Å²) in [6.45, 7) is 0.996. The van der Waals surface area contributed by atoms with E-state index in [2.05, 4.69) is 10.1 Å². The molecule has 2 aromatic carbocycles. The van der Waals surface area contributed by atoms with Crippen molar-refractivity contribution in [1.82, 2.24) is 4.98 Å². The number of nitrogens with zero attached hydrogens (tertiary/aromatic N) is 2. The van der Waals surface area contributed by atoms with Crippen LogP contribution >= 0.6 is 69.6 Å². The summed E-state index contributed by atoms with van der Waals surface area (Å²) in [7, 11) is 0. The van der Waals surface area contributed by atoms with E-state index >= 15 is 0 Å². The molecule has 0 bridgehead atoms. The van der Waals surface area contributed by atoms with Crippen molar-refractivity contribution in [3.8, 4) is 17.4 Å². The molecule has 12 heteroatoms. The van der Waals surface area contributed by atoms with Crippen molar-refractivity contribution in [3.63, 3.8) is 0 Å². The maximum Gasteiger partial charge on any atom is 0.213 e. The minimum absolute atomic E-state index is 0.108. The summed E-state index contributed by atoms with van der Waals surface area (Å²) >= 11 is 35.0. The van der Waals surface area contributed by atoms with Crippen LogP contribution in [0, 0.1) is 0 Å². The molecule has 1 heterocycles. The van der Waals surface area contributed by atoms with E-state index in [1.807, 2.05) is 36.4 Å². The molecule has 0 N–H and O–H groups in total. The van der Waals surface area contributed by atoms with Gasteiger partial charge in [0.25, 0.3) is 0 Å². The Kier molecular flexibility index (Phi) is 13.4. The third-order valence-corrected chi connectivity index (χ3v) is 5.95. The SMILES string of the molecule is ClC(Cl)=CCON=C(c1ccccc1)c1ccc(OCCCOc2c(Cl)cc(OCC=C(Cl)Cl)cc2Cl)nc1. The number of pyridine rings is 1. The molecule has 0 saturated heterocycles. The smallest absolute Gasteiger partial charge is 0.213 e. The van der Waals surface area contributed by atoms with Crippen LogP contribution in [0.15, 0.2) is 87.1 Å². The van der Waals surface area contributed by atoms with Crippen molar-refractivity contribution < 1.29 is 19.0 Å². The Morgan fingerprint density at radius 3 is 2.08 bits per heavy atom. The molecule has 206 valence electrons. The second-order valence-corrected chi connectivity index (χ2v) is 10.4. The molecule has 0 radical (unpaired) electrons. The minimum Gasteiger partial charge on any atom is -0.490 e. The molecule has 1 aromatic heterocycles. The summed E-state index contributed by atoms with van der Waals surface area (Å²) in [5.41, 5.74) is 2.21. The lowest BCUT2D eigenvalue weighted by Crippen LogP contribution is -2.08. The van der Waals surface area contributed by atoms with Crippen LogP contribution in [-0.2, 0) is 4.84 Å². The van der Waals surface area contributed by atoms with Crippen molar-refractivity contribution >= 4 is 75.3 Å². The van der Waals surface area contributed by atoms with Gasteiger partial charge in [0.1, 0.15) is 33.7 Å². The molecule has 0 aliphatic heterocycles. The van der Waals surface area contributed by atoms with Crippen molar-refractivity contribution in [2.75, 3.05) is 26.4 Å². The first kappa shape index (κ1) is 31.2. The van der Waals surface area contributed by atoms with Crippen molar-refractivity contribution in [1.29, 1.82) is 0 Å². The lowest BCUT2D eigenvalue weighted by molar-refractivity contribution is 0.175. The highest BCUT2D eigenvalue weighted by molar-refractivity contribution is 6.56. The third-order valence-electron chi connectivity index (χ3n) is 4.77. The van der Waals surface area contributed by atoms with Crippen LogP contribution in [0.5, 0.6) is 17.4 Å². The number of rotatable bonds is 14. The molecule has 3 rings (SSSR count). The van der Waals surface area contributed by atoms with Gasteiger partial charge in [-0.1, -0.05) is 105 Å². The molecule has 0 spiro atoms. The molecule has 0 fully saturated rings. The Morgan fingerprint density at radius 1 is 0.769 bits per heavy atom. The van der Waals surface area contributed by atoms with E-state index in [0.717, 1.165) is 11.1 Å². The Labute approximate surface area is 256 Å². The predicted molar refractivity (Wildman–Crippen MR) is 159 cm³/mol. The number of ether oxygens (including phenoxy) is 3. The first-order chi connectivity index (χ1) is 18.8. The number of hydrogen-bond donors (Lipinski definition) is 0. The monoisotopic (exact) mass is 648 g/mol. The van der Waals surface area contributed by atoms with Gasteiger partial charge >= 0.3 is 0 Å². The summed E-state index contributed by atoms with van der Waals surface area (Å²) in [5, 5.41) is 4.87. The van der Waals surface area contributed by atoms with E-state index in [4.69, 9.17) is 88.7 Å². The highest BCUT2D eigenvalue weighted by Gasteiger charge is 2.12. The summed E-state index contributed by atoms with van der Waals surface area (Å²) in [5.74, 6) is 1.27. The molecule has 3 aromatic rings. The van der Waals surface area contributed by atoms with Gasteiger partial charge in [-0.25, -0.2) is 4.98 Å². The van der Waals surface area contributed by atoms with Gasteiger partial charge in [-0.3, -0.25) is 0 Å². The van der Waals surface area contributed by atoms with Crippen LogP contribution in [0.2, 0.25) is 10.0 Å². The number of oxime groups is 1. The fourth-order valence-corrected chi connectivity index (χ4v) is 3.87. The highest BCUT2D eigenvalue weighted by atomic mass is 35.5. The predicted octanol–water partition coefficient (Wildman–Crippen LogP) is 9.02. The van der Waals surface area contributed by atoms with Gasteiger partial charge in [0, 0.05) is 41.9 Å². The molecule has 0 atom stereocenters. The maximum atomic E-state index is 6.29. The zero-order valence-corrected chi connectivity index (χ0v) is 24.8. The van der Waals surface area contributed by atoms with Gasteiger partial charge in [-0.15, -0.1) is 0 Å². The van der Waals surface area contributed by atoms with E-state index in [9.17, 15) is 0 Å². The van der Waals surface area contributed by atoms with Gasteiger partial charge in [-0.05, 0) is 18.2 Å². The van der Waals surface area contributed by atoms with Crippen LogP contribution in [0.4, 0.5) is 0 Å². The van der Waals surface area contributed by atoms with Gasteiger partial charge < -0.3 is 19.0 Å². The van der Waals surface area contributed by atoms with Crippen LogP contribution in [-0.4, -0.2) is 37.1 Å². The van der Waals surface area contributed by atoms with E-state index in [0.29, 0.717) is 52.8 Å². The zero-order chi connectivity index (χ0) is 28.0. The van der Waals surface area contributed by atoms with Gasteiger partial charge in [0.15, 0.2) is 5.75 Å². The number of hydrogen-bond acceptors (Lipinski definition) is 6. The summed E-state index contributed by atoms with van der Waals surface area (Å²) in [4.78, 5) is 9.74. The lowest BCUT2D eigenvalue weighted by atomic mass is 10.0. The quantitative estimate of drug-likeness (QED) is 0.0990. The average Bonchev–Trinajstić information content (AvgIpc) is 2.90. The molecule has 0 aliphatic rings. The summed E-state index contributed by atoms with van der Waals surface area (Å²) in [6, 6.07) is 16.4. The molecule has 6 nitrogen and oxygen atoms in total. The van der Waals surface area contributed by atoms with Crippen LogP contribution in [0.1, 0.15) is 17.5 Å². The molecule has 0 aliphatic carbocycles. The third kappa shape index (κ3) is 11.0. The molecule has 0 saturated carbocycles. The molecule has 0 amide bonds. The van der Waals surface area contributed by atoms with Crippen molar-refractivity contribution in [2.24, 2.45) is 5.16 Å². The molecular weight excluding hydrogens is 629 g/mol. The topological polar surface area (TPSA) is 62.2 Å². The van der Waals surface area contributed by atoms with Gasteiger partial charge in [0.2, 0.25) is 5.88 Å². The van der Waals surface area contributed by atoms with Crippen LogP contribution in [0.25, 0.3) is 0 Å². The Hall–Kier alpha value is -2.32. The summed E-state index contributed by atoms with van der Waals surface area (Å²) in [6.07, 6.45) is 5.22. The highest BCUT2D eigenvalue weighted by Crippen LogP contribution is 2.37. The largest absolute Gasteiger partial charge is 0.490 e. The van der Waals surface area contributed by atoms with E-state index < -0.39 is 0 Å². The van der Waals surface area contributed by atoms with Crippen LogP contribution in [0.3, 0.4) is 0 Å². The van der Waals surface area contributed by atoms with Crippen molar-refractivity contribution in [3.05, 3.63) is 103 Å². The standard InChI is InChI=1S/C27H22Cl6N2O4/c28-21-15-20(36-13-9-23(30)31)16-22(29)27(21)38-12-4-11-37-25-8-7-19(17-34-25)26(18-5-2-1-3-6-18)35-39-14-10-24(32)33/h1-3,5-10,15-17H,4,11-14H2. The average molecular weight is 651 g/mol. The Balaban J connectivity index is 1.52. The molecule has 39 heavy (non-hydrogen) atoms. The second kappa shape index (κ2) is 16.7. The van der Waals surface area contributed by atoms with Crippen molar-refractivity contribution in [2.45, 2.75) is 6.42 Å². The number of aromatic nitrogens is 1. The minimum atomic E-state index is 0.108. The fraction of sp³-hybridized carbons (Fsp3) is 0.185. The fourth-order valence-electron chi connectivity index (χ4n) is 3.04. The lowest BCUT2D eigenvalue weighted by Gasteiger charge is -2.12. The number of halogens is 6. The second-order valence-electron chi connectivity index (χ2n) is 7.55. The Bertz CT molecular complexity index is 1270. The van der Waals surface area contributed by atoms with E-state index in [1.165, 1.54) is 12.2 Å². The first-order valence-electron chi connectivity index (χ1n) is 11.4. The van der Waals surface area contributed by atoms with E-state index in [-0.39, 0.29) is 22.2 Å². The maximum absolute atomic E-state index is 6.29. The zero-order valence-electron chi connectivity index (χ0n) is 20.3. The van der Waals surface area contributed by atoms with Crippen LogP contribution < -0.4 is 14.2 Å². The molecular formula is C27H22Cl6N2O4. The van der Waals surface area contributed by atoms with E-state index in [1.54, 1.807) is 24.4 Å². The number of benzene rings is 2. The van der Waals surface area contributed by atoms with Gasteiger partial charge in [0.05, 0.1) is 23.3 Å². The Morgan fingerprint density at radius 2 is 1.44 bits per heavy atom. The summed E-state index contributed by atoms with van der Waals surface area (Å²) < 4.78 is 17.2. The molecule has 0 unspecified atom stereocenters. The normalized spacial score (nSPS) is 11.0. The van der Waals surface area contributed by atoms with Gasteiger partial charge in [-0.2, -0.15) is 0 Å².